The summed E-state index contributed by atoms with van der Waals surface area (Å²) in [7, 11) is 0. The number of furan rings is 1. The maximum atomic E-state index is 12.8. The van der Waals surface area contributed by atoms with Crippen LogP contribution in [-0.4, -0.2) is 32.4 Å². The summed E-state index contributed by atoms with van der Waals surface area (Å²) in [6.07, 6.45) is 3.50. The van der Waals surface area contributed by atoms with Crippen molar-refractivity contribution in [3.8, 4) is 0 Å². The molecule has 0 saturated carbocycles. The average Bonchev–Trinajstić information content (AvgIpc) is 3.25. The van der Waals surface area contributed by atoms with E-state index in [1.807, 2.05) is 30.5 Å². The highest BCUT2D eigenvalue weighted by Gasteiger charge is 2.25. The number of nitrogens with zero attached hydrogens (tertiary/aromatic N) is 3. The maximum absolute atomic E-state index is 12.8. The third kappa shape index (κ3) is 3.97. The van der Waals surface area contributed by atoms with E-state index >= 15 is 0 Å². The first-order chi connectivity index (χ1) is 12.9. The van der Waals surface area contributed by atoms with E-state index in [0.717, 1.165) is 17.1 Å². The molecule has 0 bridgehead atoms. The standard InChI is InChI=1S/C20H21N3O4/c1-12-9-22-18(10-21-12)20(25)27-15(4)19(24)17-8-13(2)23(14(17)3)11-16-6-5-7-26-16/h5-10,15H,11H2,1-4H3/t15-/m0/s1. The average molecular weight is 367 g/mol. The molecule has 0 aliphatic heterocycles. The van der Waals surface area contributed by atoms with E-state index in [9.17, 15) is 9.59 Å². The highest BCUT2D eigenvalue weighted by atomic mass is 16.5. The zero-order chi connectivity index (χ0) is 19.6. The molecule has 0 fully saturated rings. The Labute approximate surface area is 157 Å². The van der Waals surface area contributed by atoms with Crippen molar-refractivity contribution in [2.45, 2.75) is 40.3 Å². The molecule has 0 aliphatic rings. The molecule has 27 heavy (non-hydrogen) atoms. The summed E-state index contributed by atoms with van der Waals surface area (Å²) in [5.74, 6) is -0.136. The van der Waals surface area contributed by atoms with Gasteiger partial charge in [0.1, 0.15) is 5.76 Å². The zero-order valence-electron chi connectivity index (χ0n) is 15.7. The van der Waals surface area contributed by atoms with Crippen LogP contribution in [0.4, 0.5) is 0 Å². The molecular weight excluding hydrogens is 346 g/mol. The van der Waals surface area contributed by atoms with E-state index in [1.54, 1.807) is 26.2 Å². The third-order valence-corrected chi connectivity index (χ3v) is 4.38. The van der Waals surface area contributed by atoms with Gasteiger partial charge < -0.3 is 13.7 Å². The number of ketones is 1. The van der Waals surface area contributed by atoms with Crippen molar-refractivity contribution in [2.24, 2.45) is 0 Å². The van der Waals surface area contributed by atoms with Crippen molar-refractivity contribution in [1.29, 1.82) is 0 Å². The molecule has 0 unspecified atom stereocenters. The monoisotopic (exact) mass is 367 g/mol. The van der Waals surface area contributed by atoms with Crippen LogP contribution in [0.25, 0.3) is 0 Å². The summed E-state index contributed by atoms with van der Waals surface area (Å²) < 4.78 is 12.7. The maximum Gasteiger partial charge on any atom is 0.359 e. The smallest absolute Gasteiger partial charge is 0.359 e. The number of carbonyl (C=O) groups excluding carboxylic acids is 2. The zero-order valence-corrected chi connectivity index (χ0v) is 15.7. The molecule has 3 aromatic rings. The summed E-state index contributed by atoms with van der Waals surface area (Å²) in [6, 6.07) is 5.51. The lowest BCUT2D eigenvalue weighted by Gasteiger charge is -2.12. The van der Waals surface area contributed by atoms with Gasteiger partial charge in [-0.25, -0.2) is 9.78 Å². The fourth-order valence-electron chi connectivity index (χ4n) is 2.84. The van der Waals surface area contributed by atoms with Crippen LogP contribution >= 0.6 is 0 Å². The first kappa shape index (κ1) is 18.6. The molecule has 3 rings (SSSR count). The summed E-state index contributed by atoms with van der Waals surface area (Å²) in [6.45, 7) is 7.65. The predicted octanol–water partition coefficient (Wildman–Crippen LogP) is 3.27. The summed E-state index contributed by atoms with van der Waals surface area (Å²) >= 11 is 0. The van der Waals surface area contributed by atoms with Gasteiger partial charge >= 0.3 is 5.97 Å². The van der Waals surface area contributed by atoms with Crippen LogP contribution in [0.2, 0.25) is 0 Å². The van der Waals surface area contributed by atoms with E-state index in [-0.39, 0.29) is 11.5 Å². The van der Waals surface area contributed by atoms with Crippen LogP contribution in [0.3, 0.4) is 0 Å². The molecule has 7 nitrogen and oxygen atoms in total. The largest absolute Gasteiger partial charge is 0.467 e. The van der Waals surface area contributed by atoms with E-state index in [4.69, 9.17) is 9.15 Å². The molecule has 0 saturated heterocycles. The normalized spacial score (nSPS) is 12.0. The second kappa shape index (κ2) is 7.57. The highest BCUT2D eigenvalue weighted by Crippen LogP contribution is 2.20. The van der Waals surface area contributed by atoms with Gasteiger partial charge in [0.2, 0.25) is 5.78 Å². The summed E-state index contributed by atoms with van der Waals surface area (Å²) in [5.41, 5.74) is 3.01. The van der Waals surface area contributed by atoms with Crippen molar-refractivity contribution in [1.82, 2.24) is 14.5 Å². The van der Waals surface area contributed by atoms with Gasteiger partial charge in [-0.05, 0) is 45.9 Å². The molecule has 0 spiro atoms. The molecule has 0 N–H and O–H groups in total. The molecule has 140 valence electrons. The van der Waals surface area contributed by atoms with Crippen LogP contribution in [0.15, 0.2) is 41.3 Å². The molecule has 0 aromatic carbocycles. The quantitative estimate of drug-likeness (QED) is 0.491. The van der Waals surface area contributed by atoms with Crippen LogP contribution in [0, 0.1) is 20.8 Å². The van der Waals surface area contributed by atoms with Gasteiger partial charge in [0.15, 0.2) is 11.8 Å². The van der Waals surface area contributed by atoms with Crippen molar-refractivity contribution < 1.29 is 18.7 Å². The SMILES string of the molecule is Cc1cnc(C(=O)O[C@@H](C)C(=O)c2cc(C)n(Cc3ccco3)c2C)cn1. The number of rotatable bonds is 6. The van der Waals surface area contributed by atoms with Crippen LogP contribution in [0.1, 0.15) is 50.6 Å². The minimum Gasteiger partial charge on any atom is -0.467 e. The fraction of sp³-hybridized carbons (Fsp3) is 0.300. The second-order valence-electron chi connectivity index (χ2n) is 6.41. The molecule has 3 heterocycles. The Balaban J connectivity index is 1.75. The van der Waals surface area contributed by atoms with Crippen molar-refractivity contribution in [2.75, 3.05) is 0 Å². The highest BCUT2D eigenvalue weighted by molar-refractivity contribution is 6.02. The van der Waals surface area contributed by atoms with Gasteiger partial charge in [0, 0.05) is 23.1 Å². The van der Waals surface area contributed by atoms with Crippen molar-refractivity contribution in [3.63, 3.8) is 0 Å². The lowest BCUT2D eigenvalue weighted by atomic mass is 10.1. The van der Waals surface area contributed by atoms with Gasteiger partial charge in [0.25, 0.3) is 0 Å². The number of aryl methyl sites for hydroxylation is 2. The van der Waals surface area contributed by atoms with Gasteiger partial charge in [0.05, 0.1) is 24.7 Å². The Bertz CT molecular complexity index is 956. The van der Waals surface area contributed by atoms with Gasteiger partial charge in [-0.3, -0.25) is 9.78 Å². The Hall–Kier alpha value is -3.22. The Morgan fingerprint density at radius 3 is 2.63 bits per heavy atom. The molecule has 7 heteroatoms. The number of hydrogen-bond donors (Lipinski definition) is 0. The predicted molar refractivity (Wildman–Crippen MR) is 97.7 cm³/mol. The third-order valence-electron chi connectivity index (χ3n) is 4.38. The van der Waals surface area contributed by atoms with Gasteiger partial charge in [-0.1, -0.05) is 0 Å². The number of carbonyl (C=O) groups is 2. The number of aromatic nitrogens is 3. The topological polar surface area (TPSA) is 87.2 Å². The van der Waals surface area contributed by atoms with Gasteiger partial charge in [-0.15, -0.1) is 0 Å². The summed E-state index contributed by atoms with van der Waals surface area (Å²) in [5, 5.41) is 0. The molecule has 3 aromatic heterocycles. The lowest BCUT2D eigenvalue weighted by Crippen LogP contribution is -2.25. The Morgan fingerprint density at radius 2 is 2.00 bits per heavy atom. The fourth-order valence-corrected chi connectivity index (χ4v) is 2.84. The van der Waals surface area contributed by atoms with Crippen molar-refractivity contribution in [3.05, 3.63) is 71.0 Å². The number of Topliss-reactive ketones (excluding diaryl/α,β-unsaturated/α-hetero) is 1. The second-order valence-corrected chi connectivity index (χ2v) is 6.41. The van der Waals surface area contributed by atoms with Crippen LogP contribution in [0.5, 0.6) is 0 Å². The first-order valence-corrected chi connectivity index (χ1v) is 8.59. The van der Waals surface area contributed by atoms with Crippen LogP contribution < -0.4 is 0 Å². The molecule has 1 atom stereocenters. The van der Waals surface area contributed by atoms with E-state index in [2.05, 4.69) is 9.97 Å². The molecule has 0 amide bonds. The summed E-state index contributed by atoms with van der Waals surface area (Å²) in [4.78, 5) is 33.0. The first-order valence-electron chi connectivity index (χ1n) is 8.59. The van der Waals surface area contributed by atoms with E-state index < -0.39 is 12.1 Å². The minimum atomic E-state index is -0.932. The number of hydrogen-bond acceptors (Lipinski definition) is 6. The van der Waals surface area contributed by atoms with Crippen molar-refractivity contribution >= 4 is 11.8 Å². The van der Waals surface area contributed by atoms with E-state index in [1.165, 1.54) is 12.4 Å². The Morgan fingerprint density at radius 1 is 1.22 bits per heavy atom. The molecule has 0 radical (unpaired) electrons. The van der Waals surface area contributed by atoms with Crippen LogP contribution in [-0.2, 0) is 11.3 Å². The molecular formula is C20H21N3O4. The van der Waals surface area contributed by atoms with E-state index in [0.29, 0.717) is 17.8 Å². The number of ether oxygens (including phenoxy) is 1. The molecule has 0 aliphatic carbocycles. The Kier molecular flexibility index (Phi) is 5.21. The lowest BCUT2D eigenvalue weighted by molar-refractivity contribution is 0.0312. The van der Waals surface area contributed by atoms with Gasteiger partial charge in [-0.2, -0.15) is 0 Å². The minimum absolute atomic E-state index is 0.0727. The number of esters is 1.